The molecule has 0 aliphatic carbocycles. The van der Waals surface area contributed by atoms with Gasteiger partial charge in [0.15, 0.2) is 11.6 Å². The van der Waals surface area contributed by atoms with E-state index >= 15 is 0 Å². The lowest BCUT2D eigenvalue weighted by Crippen LogP contribution is -2.29. The van der Waals surface area contributed by atoms with Crippen molar-refractivity contribution < 1.29 is 24.8 Å². The van der Waals surface area contributed by atoms with E-state index in [1.807, 2.05) is 0 Å². The molecule has 0 saturated heterocycles. The Balaban J connectivity index is 2.86. The fourth-order valence-corrected chi connectivity index (χ4v) is 0.934. The van der Waals surface area contributed by atoms with E-state index < -0.39 is 24.0 Å². The molecule has 4 N–H and O–H groups in total. The Bertz CT molecular complexity index is 306. The number of aliphatic hydroxyl groups is 3. The number of phenolic OH excluding ortho intramolecular Hbond substituents is 1. The van der Waals surface area contributed by atoms with Gasteiger partial charge in [0.25, 0.3) is 5.97 Å². The van der Waals surface area contributed by atoms with Crippen LogP contribution in [0.5, 0.6) is 5.75 Å². The van der Waals surface area contributed by atoms with Gasteiger partial charge in [0.05, 0.1) is 6.42 Å². The molecule has 0 aromatic heterocycles. The van der Waals surface area contributed by atoms with Crippen LogP contribution in [0.15, 0.2) is 18.2 Å². The molecular weight excluding hydrogens is 179 g/mol. The Morgan fingerprint density at radius 1 is 1.23 bits per heavy atom. The second-order valence-corrected chi connectivity index (χ2v) is 2.74. The summed E-state index contributed by atoms with van der Waals surface area (Å²) >= 11 is 0. The van der Waals surface area contributed by atoms with E-state index in [4.69, 9.17) is 20.4 Å². The van der Waals surface area contributed by atoms with Crippen molar-refractivity contribution in [2.24, 2.45) is 0 Å². The molecule has 0 fully saturated rings. The highest BCUT2D eigenvalue weighted by Gasteiger charge is 2.19. The van der Waals surface area contributed by atoms with Gasteiger partial charge in [0.2, 0.25) is 0 Å². The van der Waals surface area contributed by atoms with Crippen LogP contribution < -0.4 is 0 Å². The first kappa shape index (κ1) is 9.91. The Hall–Kier alpha value is -1.17. The molecule has 0 heterocycles. The minimum atomic E-state index is -2.86. The third kappa shape index (κ3) is 2.98. The van der Waals surface area contributed by atoms with Crippen LogP contribution >= 0.6 is 0 Å². The smallest absolute Gasteiger partial charge is 0.279 e. The number of rotatable bonds is 2. The topological polar surface area (TPSA) is 80.9 Å². The predicted octanol–water partition coefficient (Wildman–Crippen LogP) is -0.295. The molecule has 0 unspecified atom stereocenters. The molecule has 1 aromatic rings. The van der Waals surface area contributed by atoms with Crippen molar-refractivity contribution in [2.75, 3.05) is 0 Å². The maximum atomic E-state index is 12.7. The average Bonchev–Trinajstić information content (AvgIpc) is 1.94. The second-order valence-electron chi connectivity index (χ2n) is 2.74. The zero-order valence-electron chi connectivity index (χ0n) is 6.61. The molecule has 0 atom stereocenters. The van der Waals surface area contributed by atoms with E-state index in [1.54, 1.807) is 0 Å². The van der Waals surface area contributed by atoms with Gasteiger partial charge in [0, 0.05) is 0 Å². The summed E-state index contributed by atoms with van der Waals surface area (Å²) in [5, 5.41) is 34.5. The van der Waals surface area contributed by atoms with Crippen molar-refractivity contribution in [3.05, 3.63) is 29.6 Å². The van der Waals surface area contributed by atoms with Crippen LogP contribution in [-0.2, 0) is 6.42 Å². The Morgan fingerprint density at radius 2 is 1.85 bits per heavy atom. The molecule has 0 spiro atoms. The molecule has 4 nitrogen and oxygen atoms in total. The number of phenols is 1. The standard InChI is InChI=1S/C8H9FO4/c9-6-3-5(1-2-7(6)10)4-8(11,12)13/h1-3,10-13H,4H2. The summed E-state index contributed by atoms with van der Waals surface area (Å²) in [7, 11) is 0. The third-order valence-corrected chi connectivity index (χ3v) is 1.45. The molecule has 0 aliphatic rings. The molecule has 0 radical (unpaired) electrons. The van der Waals surface area contributed by atoms with E-state index in [1.165, 1.54) is 6.07 Å². The maximum absolute atomic E-state index is 12.7. The van der Waals surface area contributed by atoms with Crippen molar-refractivity contribution >= 4 is 0 Å². The lowest BCUT2D eigenvalue weighted by molar-refractivity contribution is -0.309. The Morgan fingerprint density at radius 3 is 2.31 bits per heavy atom. The van der Waals surface area contributed by atoms with Gasteiger partial charge in [-0.3, -0.25) is 0 Å². The van der Waals surface area contributed by atoms with Gasteiger partial charge in [-0.2, -0.15) is 0 Å². The van der Waals surface area contributed by atoms with Gasteiger partial charge in [-0.25, -0.2) is 4.39 Å². The zero-order valence-corrected chi connectivity index (χ0v) is 6.61. The fourth-order valence-electron chi connectivity index (χ4n) is 0.934. The summed E-state index contributed by atoms with van der Waals surface area (Å²) in [5.74, 6) is -4.26. The Kier molecular flexibility index (Phi) is 2.51. The molecule has 0 aliphatic heterocycles. The summed E-state index contributed by atoms with van der Waals surface area (Å²) in [6.07, 6.45) is -0.524. The summed E-state index contributed by atoms with van der Waals surface area (Å²) in [4.78, 5) is 0. The summed E-state index contributed by atoms with van der Waals surface area (Å²) in [6, 6.07) is 3.25. The minimum absolute atomic E-state index is 0.169. The summed E-state index contributed by atoms with van der Waals surface area (Å²) < 4.78 is 12.7. The van der Waals surface area contributed by atoms with Gasteiger partial charge in [-0.15, -0.1) is 0 Å². The van der Waals surface area contributed by atoms with Gasteiger partial charge < -0.3 is 20.4 Å². The lowest BCUT2D eigenvalue weighted by Gasteiger charge is -2.13. The van der Waals surface area contributed by atoms with Crippen molar-refractivity contribution in [3.63, 3.8) is 0 Å². The molecule has 72 valence electrons. The number of hydrogen-bond donors (Lipinski definition) is 4. The first-order valence-electron chi connectivity index (χ1n) is 3.53. The number of benzene rings is 1. The molecular formula is C8H9FO4. The molecule has 0 bridgehead atoms. The van der Waals surface area contributed by atoms with Crippen molar-refractivity contribution in [1.29, 1.82) is 0 Å². The van der Waals surface area contributed by atoms with Crippen LogP contribution in [0.4, 0.5) is 4.39 Å². The van der Waals surface area contributed by atoms with Gasteiger partial charge in [-0.05, 0) is 17.7 Å². The van der Waals surface area contributed by atoms with Crippen LogP contribution in [0.25, 0.3) is 0 Å². The number of halogens is 1. The van der Waals surface area contributed by atoms with E-state index in [-0.39, 0.29) is 5.56 Å². The minimum Gasteiger partial charge on any atom is -0.505 e. The highest BCUT2D eigenvalue weighted by Crippen LogP contribution is 2.18. The predicted molar refractivity (Wildman–Crippen MR) is 41.2 cm³/mol. The van der Waals surface area contributed by atoms with Crippen molar-refractivity contribution in [2.45, 2.75) is 12.4 Å². The van der Waals surface area contributed by atoms with Crippen molar-refractivity contribution in [3.8, 4) is 5.75 Å². The lowest BCUT2D eigenvalue weighted by atomic mass is 10.1. The Labute approximate surface area is 73.5 Å². The van der Waals surface area contributed by atoms with Crippen LogP contribution in [0.3, 0.4) is 0 Å². The largest absolute Gasteiger partial charge is 0.505 e. The monoisotopic (exact) mass is 188 g/mol. The first-order valence-corrected chi connectivity index (χ1v) is 3.53. The van der Waals surface area contributed by atoms with Crippen LogP contribution in [-0.4, -0.2) is 26.4 Å². The third-order valence-electron chi connectivity index (χ3n) is 1.45. The molecule has 0 saturated carbocycles. The van der Waals surface area contributed by atoms with Gasteiger partial charge in [0.1, 0.15) is 0 Å². The normalized spacial score (nSPS) is 11.7. The highest BCUT2D eigenvalue weighted by molar-refractivity contribution is 5.28. The van der Waals surface area contributed by atoms with Gasteiger partial charge in [-0.1, -0.05) is 6.07 Å². The van der Waals surface area contributed by atoms with Crippen molar-refractivity contribution in [1.82, 2.24) is 0 Å². The van der Waals surface area contributed by atoms with E-state index in [0.717, 1.165) is 12.1 Å². The number of aromatic hydroxyl groups is 1. The molecule has 5 heteroatoms. The first-order chi connectivity index (χ1) is 5.88. The van der Waals surface area contributed by atoms with Gasteiger partial charge >= 0.3 is 0 Å². The maximum Gasteiger partial charge on any atom is 0.279 e. The molecule has 13 heavy (non-hydrogen) atoms. The van der Waals surface area contributed by atoms with Crippen LogP contribution in [0.2, 0.25) is 0 Å². The van der Waals surface area contributed by atoms with Crippen LogP contribution in [0.1, 0.15) is 5.56 Å². The SMILES string of the molecule is Oc1ccc(CC(O)(O)O)cc1F. The molecule has 1 rings (SSSR count). The van der Waals surface area contributed by atoms with E-state index in [9.17, 15) is 4.39 Å². The summed E-state index contributed by atoms with van der Waals surface area (Å²) in [5.41, 5.74) is 0.169. The second kappa shape index (κ2) is 3.29. The molecule has 0 amide bonds. The zero-order chi connectivity index (χ0) is 10.1. The van der Waals surface area contributed by atoms with Crippen LogP contribution in [0, 0.1) is 5.82 Å². The fraction of sp³-hybridized carbons (Fsp3) is 0.250. The van der Waals surface area contributed by atoms with E-state index in [2.05, 4.69) is 0 Å². The summed E-state index contributed by atoms with van der Waals surface area (Å²) in [6.45, 7) is 0. The average molecular weight is 188 g/mol. The number of hydrogen-bond acceptors (Lipinski definition) is 4. The van der Waals surface area contributed by atoms with E-state index in [0.29, 0.717) is 0 Å². The highest BCUT2D eigenvalue weighted by atomic mass is 19.1. The molecule has 1 aromatic carbocycles. The quantitative estimate of drug-likeness (QED) is 0.480.